The molecule has 0 bridgehead atoms. The number of ether oxygens (including phenoxy) is 1. The van der Waals surface area contributed by atoms with Gasteiger partial charge in [-0.3, -0.25) is 0 Å². The minimum absolute atomic E-state index is 0.0568. The first-order valence-electron chi connectivity index (χ1n) is 5.26. The van der Waals surface area contributed by atoms with Gasteiger partial charge in [-0.05, 0) is 19.8 Å². The maximum atomic E-state index is 10.7. The van der Waals surface area contributed by atoms with Gasteiger partial charge < -0.3 is 20.1 Å². The van der Waals surface area contributed by atoms with E-state index in [0.717, 1.165) is 0 Å². The summed E-state index contributed by atoms with van der Waals surface area (Å²) in [5, 5.41) is 20.7. The van der Waals surface area contributed by atoms with E-state index in [2.05, 4.69) is 10.2 Å². The summed E-state index contributed by atoms with van der Waals surface area (Å²) in [6, 6.07) is 4.48. The topological polar surface area (TPSA) is 91.7 Å². The van der Waals surface area contributed by atoms with Crippen LogP contribution in [0.5, 0.6) is 5.88 Å². The first kappa shape index (κ1) is 13.5. The molecule has 1 rings (SSSR count). The van der Waals surface area contributed by atoms with Gasteiger partial charge in [-0.15, -0.1) is 0 Å². The van der Waals surface area contributed by atoms with E-state index < -0.39 is 13.0 Å². The number of carbonyl (C=O) groups is 1. The zero-order valence-corrected chi connectivity index (χ0v) is 9.75. The van der Waals surface area contributed by atoms with Gasteiger partial charge in [-0.1, -0.05) is 6.07 Å². The van der Waals surface area contributed by atoms with Crippen molar-refractivity contribution in [2.24, 2.45) is 0 Å². The van der Waals surface area contributed by atoms with Gasteiger partial charge >= 0.3 is 13.0 Å². The molecule has 6 nitrogen and oxygen atoms in total. The summed E-state index contributed by atoms with van der Waals surface area (Å²) >= 11 is 0. The average molecular weight is 238 g/mol. The number of carboxylic acids is 1. The van der Waals surface area contributed by atoms with Gasteiger partial charge in [-0.25, -0.2) is 9.78 Å². The summed E-state index contributed by atoms with van der Waals surface area (Å²) in [4.78, 5) is 14.5. The number of hydrogen-bond acceptors (Lipinski definition) is 5. The van der Waals surface area contributed by atoms with Gasteiger partial charge in [0.2, 0.25) is 5.88 Å². The van der Waals surface area contributed by atoms with Crippen molar-refractivity contribution in [1.29, 1.82) is 0 Å². The third kappa shape index (κ3) is 4.84. The summed E-state index contributed by atoms with van der Waals surface area (Å²) in [5.41, 5.74) is -0.0568. The van der Waals surface area contributed by atoms with Crippen molar-refractivity contribution in [1.82, 2.24) is 10.2 Å². The Morgan fingerprint density at radius 3 is 2.94 bits per heavy atom. The highest BCUT2D eigenvalue weighted by Gasteiger charge is 2.10. The summed E-state index contributed by atoms with van der Waals surface area (Å²) in [6.45, 7) is 3.74. The fourth-order valence-electron chi connectivity index (χ4n) is 1.28. The lowest BCUT2D eigenvalue weighted by atomic mass is 9.88. The first-order valence-corrected chi connectivity index (χ1v) is 5.26. The molecule has 1 aromatic heterocycles. The maximum absolute atomic E-state index is 10.7. The van der Waals surface area contributed by atoms with E-state index in [-0.39, 0.29) is 17.6 Å². The van der Waals surface area contributed by atoms with Gasteiger partial charge in [0, 0.05) is 12.1 Å². The number of hydrogen-bond donors (Lipinski definition) is 3. The Kier molecular flexibility index (Phi) is 4.93. The molecule has 3 N–H and O–H groups in total. The number of nitrogens with zero attached hydrogens (tertiary/aromatic N) is 1. The van der Waals surface area contributed by atoms with Crippen LogP contribution >= 0.6 is 0 Å². The van der Waals surface area contributed by atoms with Crippen molar-refractivity contribution in [2.45, 2.75) is 19.8 Å². The Bertz CT molecular complexity index is 386. The van der Waals surface area contributed by atoms with Crippen molar-refractivity contribution < 1.29 is 19.7 Å². The lowest BCUT2D eigenvalue weighted by Crippen LogP contribution is -2.41. The molecular formula is C10H15BN2O4. The molecule has 0 aromatic carbocycles. The molecule has 1 heterocycles. The highest BCUT2D eigenvalue weighted by molar-refractivity contribution is 6.45. The van der Waals surface area contributed by atoms with Gasteiger partial charge in [0.25, 0.3) is 0 Å². The molecule has 0 aliphatic carbocycles. The van der Waals surface area contributed by atoms with Crippen LogP contribution in [-0.4, -0.2) is 40.8 Å². The Morgan fingerprint density at radius 1 is 1.65 bits per heavy atom. The fourth-order valence-corrected chi connectivity index (χ4v) is 1.28. The maximum Gasteiger partial charge on any atom is 0.373 e. The lowest BCUT2D eigenvalue weighted by molar-refractivity contribution is 0.0689. The summed E-state index contributed by atoms with van der Waals surface area (Å²) in [5.74, 6) is -0.838. The molecule has 0 aliphatic rings. The van der Waals surface area contributed by atoms with Crippen LogP contribution in [0.1, 0.15) is 17.4 Å². The van der Waals surface area contributed by atoms with E-state index in [0.29, 0.717) is 6.61 Å². The van der Waals surface area contributed by atoms with Crippen LogP contribution in [0.15, 0.2) is 18.2 Å². The Balaban J connectivity index is 2.51. The van der Waals surface area contributed by atoms with E-state index in [4.69, 9.17) is 14.9 Å². The monoisotopic (exact) mass is 238 g/mol. The molecule has 0 fully saturated rings. The molecule has 1 unspecified atom stereocenters. The van der Waals surface area contributed by atoms with E-state index in [1.54, 1.807) is 19.0 Å². The van der Waals surface area contributed by atoms with Crippen LogP contribution in [0, 0.1) is 0 Å². The second kappa shape index (κ2) is 6.22. The predicted octanol–water partition coefficient (Wildman–Crippen LogP) is 0.247. The van der Waals surface area contributed by atoms with Crippen LogP contribution in [0.3, 0.4) is 0 Å². The highest BCUT2D eigenvalue weighted by atomic mass is 16.5. The van der Waals surface area contributed by atoms with Crippen molar-refractivity contribution in [2.75, 3.05) is 6.61 Å². The molecule has 0 saturated heterocycles. The molecule has 0 radical (unpaired) electrons. The molecule has 1 aromatic rings. The van der Waals surface area contributed by atoms with E-state index in [1.807, 2.05) is 6.92 Å². The van der Waals surface area contributed by atoms with Crippen LogP contribution in [-0.2, 0) is 0 Å². The third-order valence-electron chi connectivity index (χ3n) is 1.95. The zero-order chi connectivity index (χ0) is 12.8. The molecule has 0 saturated carbocycles. The van der Waals surface area contributed by atoms with Crippen LogP contribution in [0.25, 0.3) is 0 Å². The Hall–Kier alpha value is -1.60. The number of aromatic nitrogens is 1. The predicted molar refractivity (Wildman–Crippen MR) is 63.1 cm³/mol. The molecule has 7 heteroatoms. The van der Waals surface area contributed by atoms with Crippen molar-refractivity contribution >= 4 is 13.0 Å². The quantitative estimate of drug-likeness (QED) is 0.615. The number of rotatable bonds is 6. The van der Waals surface area contributed by atoms with E-state index in [1.165, 1.54) is 6.07 Å². The normalized spacial score (nSPS) is 11.9. The fraction of sp³-hybridized carbons (Fsp3) is 0.400. The minimum Gasteiger partial charge on any atom is -0.477 e. The van der Waals surface area contributed by atoms with Crippen LogP contribution in [0.2, 0.25) is 6.82 Å². The van der Waals surface area contributed by atoms with Gasteiger partial charge in [0.1, 0.15) is 6.61 Å². The standard InChI is InChI=1S/C10H15BN2O4/c1-7(13-11(2)16)6-17-9-5-3-4-8(12-9)10(14)15/h3-5,7,13,16H,6H2,1-2H3,(H,14,15). The summed E-state index contributed by atoms with van der Waals surface area (Å²) in [7, 11) is -0.619. The smallest absolute Gasteiger partial charge is 0.373 e. The third-order valence-corrected chi connectivity index (χ3v) is 1.95. The highest BCUT2D eigenvalue weighted by Crippen LogP contribution is 2.07. The molecule has 1 atom stereocenters. The summed E-state index contributed by atoms with van der Waals surface area (Å²) < 4.78 is 5.31. The molecule has 17 heavy (non-hydrogen) atoms. The number of aromatic carboxylic acids is 1. The van der Waals surface area contributed by atoms with Crippen molar-refractivity contribution in [3.63, 3.8) is 0 Å². The molecule has 0 aliphatic heterocycles. The molecule has 0 amide bonds. The Labute approximate surface area is 99.8 Å². The number of pyridine rings is 1. The van der Waals surface area contributed by atoms with Crippen molar-refractivity contribution in [3.05, 3.63) is 23.9 Å². The number of nitrogens with one attached hydrogen (secondary N) is 1. The molecular weight excluding hydrogens is 223 g/mol. The van der Waals surface area contributed by atoms with Gasteiger partial charge in [0.05, 0.1) is 0 Å². The second-order valence-electron chi connectivity index (χ2n) is 3.72. The van der Waals surface area contributed by atoms with E-state index >= 15 is 0 Å². The van der Waals surface area contributed by atoms with E-state index in [9.17, 15) is 4.79 Å². The largest absolute Gasteiger partial charge is 0.477 e. The molecule has 92 valence electrons. The summed E-state index contributed by atoms with van der Waals surface area (Å²) in [6.07, 6.45) is 0. The molecule has 0 spiro atoms. The van der Waals surface area contributed by atoms with Crippen LogP contribution in [0.4, 0.5) is 0 Å². The van der Waals surface area contributed by atoms with Crippen LogP contribution < -0.4 is 9.96 Å². The SMILES string of the molecule is CB(O)NC(C)COc1cccc(C(=O)O)n1. The minimum atomic E-state index is -1.09. The van der Waals surface area contributed by atoms with Gasteiger partial charge in [-0.2, -0.15) is 0 Å². The number of carboxylic acid groups (broad SMARTS) is 1. The average Bonchev–Trinajstić information content (AvgIpc) is 2.26. The van der Waals surface area contributed by atoms with Crippen molar-refractivity contribution in [3.8, 4) is 5.88 Å². The first-order chi connectivity index (χ1) is 7.99. The zero-order valence-electron chi connectivity index (χ0n) is 9.75. The Morgan fingerprint density at radius 2 is 2.35 bits per heavy atom. The lowest BCUT2D eigenvalue weighted by Gasteiger charge is -2.14. The second-order valence-corrected chi connectivity index (χ2v) is 3.72. The van der Waals surface area contributed by atoms with Gasteiger partial charge in [0.15, 0.2) is 5.69 Å².